The summed E-state index contributed by atoms with van der Waals surface area (Å²) in [6.07, 6.45) is 0. The first-order valence-corrected chi connectivity index (χ1v) is 1.57. The molecule has 6 heavy (non-hydrogen) atoms. The summed E-state index contributed by atoms with van der Waals surface area (Å²) in [6, 6.07) is 0. The molecule has 0 amide bonds. The lowest BCUT2D eigenvalue weighted by atomic mass is 10.6. The molecule has 0 heterocycles. The van der Waals surface area contributed by atoms with Gasteiger partial charge in [0.05, 0.1) is 0 Å². The molecule has 3 N–H and O–H groups in total. The molecule has 0 fully saturated rings. The maximum atomic E-state index is 9.39. The van der Waals surface area contributed by atoms with Gasteiger partial charge in [0.15, 0.2) is 0 Å². The third kappa shape index (κ3) is 3.46. The molecule has 0 aromatic rings. The van der Waals surface area contributed by atoms with Crippen molar-refractivity contribution in [2.24, 2.45) is 0 Å². The van der Waals surface area contributed by atoms with Gasteiger partial charge in [-0.1, -0.05) is 6.58 Å². The van der Waals surface area contributed by atoms with Crippen LogP contribution in [0.3, 0.4) is 0 Å². The lowest BCUT2D eigenvalue weighted by Gasteiger charge is -1.96. The van der Waals surface area contributed by atoms with Gasteiger partial charge in [-0.15, -0.1) is 0 Å². The fraction of sp³-hybridized carbons (Fsp3) is 0.333. The molecular weight excluding hydrogens is 82.0 g/mol. The van der Waals surface area contributed by atoms with Crippen LogP contribution in [0.15, 0.2) is 12.3 Å². The van der Waals surface area contributed by atoms with Crippen LogP contribution in [0, 0.1) is 5.21 Å². The highest BCUT2D eigenvalue weighted by atomic mass is 16.5. The summed E-state index contributed by atoms with van der Waals surface area (Å²) in [5.41, 5.74) is 0.600. The summed E-state index contributed by atoms with van der Waals surface area (Å²) in [7, 11) is 0. The number of hydrogen-bond acceptors (Lipinski definition) is 2. The number of quaternary nitrogens is 1. The lowest BCUT2D eigenvalue weighted by Crippen LogP contribution is -2.77. The summed E-state index contributed by atoms with van der Waals surface area (Å²) in [6.45, 7) is 3.12. The number of rotatable bonds is 2. The summed E-state index contributed by atoms with van der Waals surface area (Å²) in [5.74, 6) is -0.0787. The molecule has 0 aliphatic heterocycles. The topological polar surface area (TPSA) is 59.9 Å². The quantitative estimate of drug-likeness (QED) is 0.341. The zero-order valence-corrected chi connectivity index (χ0v) is 3.35. The Morgan fingerprint density at radius 2 is 2.50 bits per heavy atom. The molecule has 0 aliphatic rings. The van der Waals surface area contributed by atoms with E-state index in [1.54, 1.807) is 0 Å². The molecule has 0 saturated carbocycles. The summed E-state index contributed by atoms with van der Waals surface area (Å²) < 4.78 is 0. The first-order chi connectivity index (χ1) is 2.77. The standard InChI is InChI=1S/C3H7NO2/c1-3(5)2-4-6/h5H,1-2,4H2. The van der Waals surface area contributed by atoms with Crippen molar-refractivity contribution >= 4 is 0 Å². The number of hydrogen-bond donors (Lipinski definition) is 2. The van der Waals surface area contributed by atoms with Gasteiger partial charge in [0.25, 0.3) is 0 Å². The average molecular weight is 89.1 g/mol. The summed E-state index contributed by atoms with van der Waals surface area (Å²) in [5, 5.41) is 17.5. The molecule has 0 unspecified atom stereocenters. The van der Waals surface area contributed by atoms with E-state index in [4.69, 9.17) is 5.11 Å². The van der Waals surface area contributed by atoms with E-state index in [9.17, 15) is 5.21 Å². The van der Waals surface area contributed by atoms with Crippen molar-refractivity contribution in [1.82, 2.24) is 0 Å². The maximum Gasteiger partial charge on any atom is 0.140 e. The van der Waals surface area contributed by atoms with Crippen molar-refractivity contribution in [2.75, 3.05) is 6.54 Å². The first kappa shape index (κ1) is 5.46. The second-order valence-corrected chi connectivity index (χ2v) is 0.937. The Balaban J connectivity index is 2.83. The highest BCUT2D eigenvalue weighted by Gasteiger charge is 1.78. The fourth-order valence-corrected chi connectivity index (χ4v) is 0.0962. The van der Waals surface area contributed by atoms with E-state index in [2.05, 4.69) is 6.58 Å². The minimum atomic E-state index is -0.0787. The second-order valence-electron chi connectivity index (χ2n) is 0.937. The summed E-state index contributed by atoms with van der Waals surface area (Å²) in [4.78, 5) is 0. The van der Waals surface area contributed by atoms with Crippen LogP contribution >= 0.6 is 0 Å². The van der Waals surface area contributed by atoms with Gasteiger partial charge in [-0.25, -0.2) is 0 Å². The molecule has 36 valence electrons. The molecule has 3 nitrogen and oxygen atoms in total. The molecule has 0 aromatic carbocycles. The van der Waals surface area contributed by atoms with E-state index in [1.807, 2.05) is 0 Å². The molecule has 0 bridgehead atoms. The van der Waals surface area contributed by atoms with Gasteiger partial charge in [-0.2, -0.15) is 0 Å². The minimum absolute atomic E-state index is 0.0556. The molecule has 0 rings (SSSR count). The van der Waals surface area contributed by atoms with Crippen LogP contribution in [0.2, 0.25) is 0 Å². The Morgan fingerprint density at radius 3 is 2.50 bits per heavy atom. The third-order valence-corrected chi connectivity index (χ3v) is 0.319. The van der Waals surface area contributed by atoms with Crippen LogP contribution in [-0.4, -0.2) is 11.7 Å². The van der Waals surface area contributed by atoms with E-state index < -0.39 is 0 Å². The van der Waals surface area contributed by atoms with Gasteiger partial charge >= 0.3 is 0 Å². The minimum Gasteiger partial charge on any atom is -0.635 e. The van der Waals surface area contributed by atoms with Crippen LogP contribution in [0.5, 0.6) is 0 Å². The van der Waals surface area contributed by atoms with E-state index in [-0.39, 0.29) is 12.3 Å². The van der Waals surface area contributed by atoms with Crippen LogP contribution in [-0.2, 0) is 0 Å². The molecular formula is C3H7NO2. The number of aliphatic hydroxyl groups excluding tert-OH is 1. The van der Waals surface area contributed by atoms with Crippen molar-refractivity contribution in [3.05, 3.63) is 17.5 Å². The molecule has 0 aliphatic carbocycles. The van der Waals surface area contributed by atoms with Crippen LogP contribution in [0.4, 0.5) is 0 Å². The molecule has 0 atom stereocenters. The number of hydroxylamine groups is 1. The average Bonchev–Trinajstić information content (AvgIpc) is 1.35. The monoisotopic (exact) mass is 89.0 g/mol. The van der Waals surface area contributed by atoms with E-state index >= 15 is 0 Å². The molecule has 0 saturated heterocycles. The smallest absolute Gasteiger partial charge is 0.140 e. The Labute approximate surface area is 35.9 Å². The predicted octanol–water partition coefficient (Wildman–Crippen LogP) is -0.881. The van der Waals surface area contributed by atoms with E-state index in [0.717, 1.165) is 0 Å². The Kier molecular flexibility index (Phi) is 2.44. The van der Waals surface area contributed by atoms with Gasteiger partial charge in [-0.05, 0) is 0 Å². The zero-order valence-electron chi connectivity index (χ0n) is 3.35. The number of nitrogens with two attached hydrogens (primary N) is 1. The van der Waals surface area contributed by atoms with Gasteiger partial charge in [0.1, 0.15) is 12.3 Å². The van der Waals surface area contributed by atoms with Crippen molar-refractivity contribution in [3.8, 4) is 0 Å². The van der Waals surface area contributed by atoms with Crippen LogP contribution < -0.4 is 5.48 Å². The second kappa shape index (κ2) is 2.68. The first-order valence-electron chi connectivity index (χ1n) is 1.57. The van der Waals surface area contributed by atoms with Gasteiger partial charge < -0.3 is 15.8 Å². The normalized spacial score (nSPS) is 8.17. The van der Waals surface area contributed by atoms with Crippen LogP contribution in [0.1, 0.15) is 0 Å². The van der Waals surface area contributed by atoms with Crippen molar-refractivity contribution < 1.29 is 10.6 Å². The molecule has 0 spiro atoms. The van der Waals surface area contributed by atoms with Crippen molar-refractivity contribution in [2.45, 2.75) is 0 Å². The van der Waals surface area contributed by atoms with E-state index in [0.29, 0.717) is 5.48 Å². The van der Waals surface area contributed by atoms with E-state index in [1.165, 1.54) is 0 Å². The lowest BCUT2D eigenvalue weighted by molar-refractivity contribution is -0.583. The SMILES string of the molecule is C=C(O)C[NH2+][O-]. The Morgan fingerprint density at radius 1 is 2.00 bits per heavy atom. The molecule has 3 heteroatoms. The largest absolute Gasteiger partial charge is 0.635 e. The highest BCUT2D eigenvalue weighted by Crippen LogP contribution is 1.66. The highest BCUT2D eigenvalue weighted by molar-refractivity contribution is 4.75. The van der Waals surface area contributed by atoms with Gasteiger partial charge in [-0.3, -0.25) is 0 Å². The Hall–Kier alpha value is -0.540. The fourth-order valence-electron chi connectivity index (χ4n) is 0.0962. The van der Waals surface area contributed by atoms with Crippen molar-refractivity contribution in [1.29, 1.82) is 0 Å². The predicted molar refractivity (Wildman–Crippen MR) is 21.9 cm³/mol. The van der Waals surface area contributed by atoms with Crippen molar-refractivity contribution in [3.63, 3.8) is 0 Å². The molecule has 0 aromatic heterocycles. The Bertz CT molecular complexity index is 52.8. The summed E-state index contributed by atoms with van der Waals surface area (Å²) >= 11 is 0. The molecule has 0 radical (unpaired) electrons. The van der Waals surface area contributed by atoms with Gasteiger partial charge in [0, 0.05) is 0 Å². The van der Waals surface area contributed by atoms with Gasteiger partial charge in [0.2, 0.25) is 0 Å². The maximum absolute atomic E-state index is 9.39. The van der Waals surface area contributed by atoms with Crippen LogP contribution in [0.25, 0.3) is 0 Å². The third-order valence-electron chi connectivity index (χ3n) is 0.319. The zero-order chi connectivity index (χ0) is 4.99. The number of aliphatic hydroxyl groups is 1.